The van der Waals surface area contributed by atoms with E-state index >= 15 is 0 Å². The third-order valence-corrected chi connectivity index (χ3v) is 1.30. The zero-order valence-corrected chi connectivity index (χ0v) is 5.89. The summed E-state index contributed by atoms with van der Waals surface area (Å²) in [4.78, 5) is 42.2. The minimum absolute atomic E-state index is 0.575. The van der Waals surface area contributed by atoms with Crippen LogP contribution in [0.25, 0.3) is 0 Å². The second kappa shape index (κ2) is 3.04. The average Bonchev–Trinajstić information content (AvgIpc) is 2.35. The Kier molecular flexibility index (Phi) is 2.09. The summed E-state index contributed by atoms with van der Waals surface area (Å²) in [5.74, 6) is -2.24. The van der Waals surface area contributed by atoms with Gasteiger partial charge in [-0.3, -0.25) is 19.3 Å². The first-order valence-electron chi connectivity index (χ1n) is 3.05. The zero-order chi connectivity index (χ0) is 9.14. The molecule has 0 saturated carbocycles. The Labute approximate surface area is 66.8 Å². The first kappa shape index (κ1) is 8.25. The highest BCUT2D eigenvalue weighted by Crippen LogP contribution is 2.02. The Balaban J connectivity index is 2.65. The van der Waals surface area contributed by atoms with Crippen molar-refractivity contribution in [3.63, 3.8) is 0 Å². The number of amides is 3. The second-order valence-corrected chi connectivity index (χ2v) is 2.08. The summed E-state index contributed by atoms with van der Waals surface area (Å²) in [5.41, 5.74) is 0. The summed E-state index contributed by atoms with van der Waals surface area (Å²) in [6.07, 6.45) is 2.06. The van der Waals surface area contributed by atoms with Gasteiger partial charge in [-0.05, 0) is 0 Å². The molecule has 0 atom stereocenters. The molecule has 3 amide bonds. The Bertz CT molecular complexity index is 276. The number of hydrogen-bond acceptors (Lipinski definition) is 4. The van der Waals surface area contributed by atoms with Crippen molar-refractivity contribution in [3.05, 3.63) is 17.1 Å². The number of nitroso groups, excluding NO2 is 1. The molecule has 6 nitrogen and oxygen atoms in total. The van der Waals surface area contributed by atoms with E-state index in [2.05, 4.69) is 5.18 Å². The summed E-state index contributed by atoms with van der Waals surface area (Å²) < 4.78 is 0. The largest absolute Gasteiger partial charge is 0.306 e. The number of imide groups is 1. The second-order valence-electron chi connectivity index (χ2n) is 2.08. The molecular formula is C6H4N2O4. The zero-order valence-electron chi connectivity index (χ0n) is 5.89. The van der Waals surface area contributed by atoms with E-state index in [1.807, 2.05) is 0 Å². The molecule has 0 bridgehead atoms. The van der Waals surface area contributed by atoms with Gasteiger partial charge < -0.3 is 0 Å². The fourth-order valence-corrected chi connectivity index (χ4v) is 0.751. The predicted octanol–water partition coefficient (Wildman–Crippen LogP) is -0.796. The minimum atomic E-state index is -1.04. The van der Waals surface area contributed by atoms with Crippen molar-refractivity contribution in [2.24, 2.45) is 5.18 Å². The lowest BCUT2D eigenvalue weighted by Crippen LogP contribution is -2.34. The molecule has 1 heterocycles. The van der Waals surface area contributed by atoms with Crippen molar-refractivity contribution in [3.8, 4) is 0 Å². The third kappa shape index (κ3) is 1.42. The van der Waals surface area contributed by atoms with Crippen LogP contribution in [-0.2, 0) is 14.4 Å². The van der Waals surface area contributed by atoms with E-state index < -0.39 is 24.3 Å². The SMILES string of the molecule is O=NC(=O)CN1C(=O)C=CC1=O. The molecule has 0 aromatic heterocycles. The van der Waals surface area contributed by atoms with E-state index in [1.165, 1.54) is 0 Å². The van der Waals surface area contributed by atoms with E-state index in [0.717, 1.165) is 12.2 Å². The molecule has 1 aliphatic heterocycles. The van der Waals surface area contributed by atoms with Crippen LogP contribution in [0, 0.1) is 4.91 Å². The monoisotopic (exact) mass is 168 g/mol. The molecule has 0 unspecified atom stereocenters. The quantitative estimate of drug-likeness (QED) is 0.399. The number of nitrogens with zero attached hydrogens (tertiary/aromatic N) is 2. The maximum Gasteiger partial charge on any atom is 0.306 e. The molecule has 0 saturated heterocycles. The van der Waals surface area contributed by atoms with Crippen molar-refractivity contribution in [2.45, 2.75) is 0 Å². The molecule has 6 heteroatoms. The van der Waals surface area contributed by atoms with Gasteiger partial charge in [0.25, 0.3) is 11.8 Å². The van der Waals surface area contributed by atoms with Crippen LogP contribution >= 0.6 is 0 Å². The molecule has 0 fully saturated rings. The lowest BCUT2D eigenvalue weighted by atomic mass is 10.5. The molecule has 1 aliphatic rings. The van der Waals surface area contributed by atoms with Crippen LogP contribution < -0.4 is 0 Å². The van der Waals surface area contributed by atoms with Crippen molar-refractivity contribution >= 4 is 17.7 Å². The summed E-state index contributed by atoms with van der Waals surface area (Å²) in [6.45, 7) is -0.575. The lowest BCUT2D eigenvalue weighted by molar-refractivity contribution is -0.140. The number of rotatable bonds is 2. The topological polar surface area (TPSA) is 83.9 Å². The molecule has 0 aromatic carbocycles. The van der Waals surface area contributed by atoms with Crippen LogP contribution in [0.4, 0.5) is 0 Å². The minimum Gasteiger partial charge on any atom is -0.269 e. The molecule has 12 heavy (non-hydrogen) atoms. The summed E-state index contributed by atoms with van der Waals surface area (Å²) in [6, 6.07) is 0. The van der Waals surface area contributed by atoms with Gasteiger partial charge in [0.15, 0.2) is 0 Å². The van der Waals surface area contributed by atoms with E-state index in [0.29, 0.717) is 4.90 Å². The number of carbonyl (C=O) groups excluding carboxylic acids is 3. The first-order chi connectivity index (χ1) is 5.65. The van der Waals surface area contributed by atoms with Crippen LogP contribution in [-0.4, -0.2) is 29.2 Å². The van der Waals surface area contributed by atoms with Crippen molar-refractivity contribution in [1.82, 2.24) is 4.90 Å². The average molecular weight is 168 g/mol. The summed E-state index contributed by atoms with van der Waals surface area (Å²) in [7, 11) is 0. The van der Waals surface area contributed by atoms with Gasteiger partial charge in [-0.15, -0.1) is 4.91 Å². The number of carbonyl (C=O) groups is 3. The molecule has 1 rings (SSSR count). The Morgan fingerprint density at radius 3 is 2.25 bits per heavy atom. The standard InChI is InChI=1S/C6H4N2O4/c9-4(7-12)3-8-5(10)1-2-6(8)11/h1-2H,3H2. The van der Waals surface area contributed by atoms with Gasteiger partial charge >= 0.3 is 5.91 Å². The first-order valence-corrected chi connectivity index (χ1v) is 3.05. The van der Waals surface area contributed by atoms with Crippen molar-refractivity contribution in [1.29, 1.82) is 0 Å². The molecule has 0 N–H and O–H groups in total. The fraction of sp³-hybridized carbons (Fsp3) is 0.167. The summed E-state index contributed by atoms with van der Waals surface area (Å²) in [5, 5.41) is 2.06. The van der Waals surface area contributed by atoms with Crippen LogP contribution in [0.15, 0.2) is 17.3 Å². The van der Waals surface area contributed by atoms with Gasteiger partial charge in [-0.2, -0.15) is 0 Å². The lowest BCUT2D eigenvalue weighted by Gasteiger charge is -2.08. The maximum absolute atomic E-state index is 10.8. The maximum atomic E-state index is 10.8. The van der Waals surface area contributed by atoms with Crippen molar-refractivity contribution in [2.75, 3.05) is 6.54 Å². The fourth-order valence-electron chi connectivity index (χ4n) is 0.751. The van der Waals surface area contributed by atoms with Gasteiger partial charge in [0.1, 0.15) is 6.54 Å². The smallest absolute Gasteiger partial charge is 0.269 e. The third-order valence-electron chi connectivity index (χ3n) is 1.30. The molecule has 0 aromatic rings. The Hall–Kier alpha value is -1.85. The van der Waals surface area contributed by atoms with E-state index in [9.17, 15) is 19.3 Å². The van der Waals surface area contributed by atoms with E-state index in [4.69, 9.17) is 0 Å². The van der Waals surface area contributed by atoms with Crippen LogP contribution in [0.2, 0.25) is 0 Å². The highest BCUT2D eigenvalue weighted by atomic mass is 16.3. The Morgan fingerprint density at radius 2 is 1.83 bits per heavy atom. The predicted molar refractivity (Wildman–Crippen MR) is 36.7 cm³/mol. The van der Waals surface area contributed by atoms with Crippen LogP contribution in [0.3, 0.4) is 0 Å². The van der Waals surface area contributed by atoms with E-state index in [-0.39, 0.29) is 0 Å². The van der Waals surface area contributed by atoms with Crippen LogP contribution in [0.5, 0.6) is 0 Å². The van der Waals surface area contributed by atoms with Crippen molar-refractivity contribution < 1.29 is 14.4 Å². The van der Waals surface area contributed by atoms with Gasteiger partial charge in [-0.25, -0.2) is 0 Å². The highest BCUT2D eigenvalue weighted by Gasteiger charge is 2.25. The molecule has 0 radical (unpaired) electrons. The summed E-state index contributed by atoms with van der Waals surface area (Å²) >= 11 is 0. The molecule has 62 valence electrons. The van der Waals surface area contributed by atoms with Gasteiger partial charge in [0.05, 0.1) is 0 Å². The highest BCUT2D eigenvalue weighted by molar-refractivity contribution is 6.14. The molecule has 0 spiro atoms. The normalized spacial score (nSPS) is 15.5. The molecule has 0 aliphatic carbocycles. The van der Waals surface area contributed by atoms with Crippen LogP contribution in [0.1, 0.15) is 0 Å². The van der Waals surface area contributed by atoms with Gasteiger partial charge in [-0.1, -0.05) is 0 Å². The number of hydrogen-bond donors (Lipinski definition) is 0. The van der Waals surface area contributed by atoms with E-state index in [1.54, 1.807) is 0 Å². The van der Waals surface area contributed by atoms with Gasteiger partial charge in [0.2, 0.25) is 0 Å². The Morgan fingerprint density at radius 1 is 1.33 bits per heavy atom. The van der Waals surface area contributed by atoms with Gasteiger partial charge in [0, 0.05) is 17.3 Å². The molecular weight excluding hydrogens is 164 g/mol.